The van der Waals surface area contributed by atoms with Crippen LogP contribution in [-0.2, 0) is 4.79 Å². The number of rotatable bonds is 7. The highest BCUT2D eigenvalue weighted by molar-refractivity contribution is 5.74. The number of carboxylic acid groups (broad SMARTS) is 1. The van der Waals surface area contributed by atoms with E-state index in [-0.39, 0.29) is 6.04 Å². The summed E-state index contributed by atoms with van der Waals surface area (Å²) in [5.74, 6) is 0.755. The predicted octanol–water partition coefficient (Wildman–Crippen LogP) is 5.18. The topological polar surface area (TPSA) is 53.0 Å². The van der Waals surface area contributed by atoms with Crippen molar-refractivity contribution in [3.63, 3.8) is 0 Å². The molecule has 1 fully saturated rings. The molecule has 2 atom stereocenters. The Kier molecular flexibility index (Phi) is 6.23. The monoisotopic (exact) mass is 416 g/mol. The SMILES string of the molecule is CN(C)c1ccc(C(c2cccc(Oc3ccccc3)c2)N2CCCC2C(=O)O)cc1. The van der Waals surface area contributed by atoms with Crippen molar-refractivity contribution in [3.05, 3.63) is 90.0 Å². The van der Waals surface area contributed by atoms with Crippen molar-refractivity contribution in [1.29, 1.82) is 0 Å². The lowest BCUT2D eigenvalue weighted by atomic mass is 9.95. The van der Waals surface area contributed by atoms with Crippen LogP contribution in [0.25, 0.3) is 0 Å². The third-order valence-corrected chi connectivity index (χ3v) is 5.79. The highest BCUT2D eigenvalue weighted by atomic mass is 16.5. The number of carbonyl (C=O) groups is 1. The van der Waals surface area contributed by atoms with Crippen molar-refractivity contribution < 1.29 is 14.6 Å². The number of carboxylic acids is 1. The average molecular weight is 417 g/mol. The van der Waals surface area contributed by atoms with Crippen LogP contribution in [0.3, 0.4) is 0 Å². The highest BCUT2D eigenvalue weighted by Gasteiger charge is 2.37. The van der Waals surface area contributed by atoms with Crippen LogP contribution < -0.4 is 9.64 Å². The minimum atomic E-state index is -0.760. The summed E-state index contributed by atoms with van der Waals surface area (Å²) in [5, 5.41) is 9.82. The number of ether oxygens (including phenoxy) is 1. The van der Waals surface area contributed by atoms with Crippen molar-refractivity contribution in [2.24, 2.45) is 0 Å². The van der Waals surface area contributed by atoms with Gasteiger partial charge in [0.05, 0.1) is 6.04 Å². The number of hydrogen-bond acceptors (Lipinski definition) is 4. The Bertz CT molecular complexity index is 1020. The Morgan fingerprint density at radius 2 is 1.68 bits per heavy atom. The van der Waals surface area contributed by atoms with Gasteiger partial charge >= 0.3 is 5.97 Å². The Balaban J connectivity index is 1.72. The molecule has 5 nitrogen and oxygen atoms in total. The van der Waals surface area contributed by atoms with E-state index in [4.69, 9.17) is 4.74 Å². The molecule has 31 heavy (non-hydrogen) atoms. The molecule has 160 valence electrons. The first-order chi connectivity index (χ1) is 15.0. The number of aliphatic carboxylic acids is 1. The molecule has 0 aliphatic carbocycles. The Labute approximate surface area is 183 Å². The molecule has 0 spiro atoms. The molecule has 0 bridgehead atoms. The second kappa shape index (κ2) is 9.23. The molecular weight excluding hydrogens is 388 g/mol. The van der Waals surface area contributed by atoms with E-state index in [9.17, 15) is 9.90 Å². The van der Waals surface area contributed by atoms with Gasteiger partial charge in [0.2, 0.25) is 0 Å². The van der Waals surface area contributed by atoms with Crippen LogP contribution in [0.1, 0.15) is 30.0 Å². The van der Waals surface area contributed by atoms with Gasteiger partial charge in [-0.25, -0.2) is 0 Å². The molecule has 5 heteroatoms. The zero-order chi connectivity index (χ0) is 21.8. The fourth-order valence-electron chi connectivity index (χ4n) is 4.27. The highest BCUT2D eigenvalue weighted by Crippen LogP contribution is 2.37. The summed E-state index contributed by atoms with van der Waals surface area (Å²) >= 11 is 0. The van der Waals surface area contributed by atoms with Crippen molar-refractivity contribution >= 4 is 11.7 Å². The molecule has 1 N–H and O–H groups in total. The van der Waals surface area contributed by atoms with Gasteiger partial charge in [-0.1, -0.05) is 42.5 Å². The fourth-order valence-corrected chi connectivity index (χ4v) is 4.27. The van der Waals surface area contributed by atoms with Gasteiger partial charge in [0.15, 0.2) is 0 Å². The minimum absolute atomic E-state index is 0.154. The molecule has 3 aromatic carbocycles. The molecule has 0 saturated carbocycles. The summed E-state index contributed by atoms with van der Waals surface area (Å²) in [4.78, 5) is 16.1. The van der Waals surface area contributed by atoms with Gasteiger partial charge in [-0.15, -0.1) is 0 Å². The molecule has 1 aliphatic rings. The molecule has 1 heterocycles. The second-order valence-corrected chi connectivity index (χ2v) is 8.11. The van der Waals surface area contributed by atoms with Crippen LogP contribution in [-0.4, -0.2) is 42.7 Å². The standard InChI is InChI=1S/C26H28N2O3/c1-27(2)21-15-13-19(14-16-21)25(28-17-7-12-24(28)26(29)30)20-8-6-11-23(18-20)31-22-9-4-3-5-10-22/h3-6,8-11,13-16,18,24-25H,7,12,17H2,1-2H3,(H,29,30). The van der Waals surface area contributed by atoms with Gasteiger partial charge in [0.1, 0.15) is 17.5 Å². The number of likely N-dealkylation sites (tertiary alicyclic amines) is 1. The molecule has 2 unspecified atom stereocenters. The molecular formula is C26H28N2O3. The fraction of sp³-hybridized carbons (Fsp3) is 0.269. The third-order valence-electron chi connectivity index (χ3n) is 5.79. The normalized spacial score (nSPS) is 17.3. The Morgan fingerprint density at radius 1 is 0.968 bits per heavy atom. The number of benzene rings is 3. The second-order valence-electron chi connectivity index (χ2n) is 8.11. The summed E-state index contributed by atoms with van der Waals surface area (Å²) in [5.41, 5.74) is 3.22. The lowest BCUT2D eigenvalue weighted by Crippen LogP contribution is -2.39. The van der Waals surface area contributed by atoms with Crippen LogP contribution in [0, 0.1) is 0 Å². The van der Waals surface area contributed by atoms with E-state index in [1.165, 1.54) is 0 Å². The van der Waals surface area contributed by atoms with Gasteiger partial charge in [-0.3, -0.25) is 9.69 Å². The van der Waals surface area contributed by atoms with Crippen LogP contribution in [0.5, 0.6) is 11.5 Å². The first-order valence-corrected chi connectivity index (χ1v) is 10.6. The largest absolute Gasteiger partial charge is 0.480 e. The predicted molar refractivity (Wildman–Crippen MR) is 123 cm³/mol. The van der Waals surface area contributed by atoms with Crippen LogP contribution in [0.15, 0.2) is 78.9 Å². The zero-order valence-electron chi connectivity index (χ0n) is 17.9. The van der Waals surface area contributed by atoms with Gasteiger partial charge in [0.25, 0.3) is 0 Å². The van der Waals surface area contributed by atoms with Crippen molar-refractivity contribution in [2.45, 2.75) is 24.9 Å². The van der Waals surface area contributed by atoms with E-state index in [0.29, 0.717) is 6.42 Å². The summed E-state index contributed by atoms with van der Waals surface area (Å²) in [6.07, 6.45) is 1.55. The van der Waals surface area contributed by atoms with Crippen molar-refractivity contribution in [2.75, 3.05) is 25.5 Å². The molecule has 1 saturated heterocycles. The third kappa shape index (κ3) is 4.72. The van der Waals surface area contributed by atoms with Gasteiger partial charge < -0.3 is 14.7 Å². The van der Waals surface area contributed by atoms with Gasteiger partial charge in [-0.2, -0.15) is 0 Å². The van der Waals surface area contributed by atoms with Crippen LogP contribution >= 0.6 is 0 Å². The van der Waals surface area contributed by atoms with E-state index >= 15 is 0 Å². The molecule has 4 rings (SSSR count). The van der Waals surface area contributed by atoms with Crippen molar-refractivity contribution in [1.82, 2.24) is 4.90 Å². The minimum Gasteiger partial charge on any atom is -0.480 e. The van der Waals surface area contributed by atoms with Crippen LogP contribution in [0.2, 0.25) is 0 Å². The summed E-state index contributed by atoms with van der Waals surface area (Å²) < 4.78 is 6.05. The number of para-hydroxylation sites is 1. The quantitative estimate of drug-likeness (QED) is 0.575. The molecule has 0 amide bonds. The van der Waals surface area contributed by atoms with Gasteiger partial charge in [-0.05, 0) is 60.4 Å². The molecule has 0 aromatic heterocycles. The van der Waals surface area contributed by atoms with E-state index in [2.05, 4.69) is 40.1 Å². The number of hydrogen-bond donors (Lipinski definition) is 1. The van der Waals surface area contributed by atoms with E-state index in [1.807, 2.05) is 62.6 Å². The van der Waals surface area contributed by atoms with Crippen LogP contribution in [0.4, 0.5) is 5.69 Å². The number of anilines is 1. The maximum atomic E-state index is 12.0. The summed E-state index contributed by atoms with van der Waals surface area (Å²) in [6, 6.07) is 25.4. The van der Waals surface area contributed by atoms with Crippen molar-refractivity contribution in [3.8, 4) is 11.5 Å². The average Bonchev–Trinajstić information content (AvgIpc) is 3.25. The number of nitrogens with zero attached hydrogens (tertiary/aromatic N) is 2. The molecule has 1 aliphatic heterocycles. The van der Waals surface area contributed by atoms with E-state index < -0.39 is 12.0 Å². The maximum absolute atomic E-state index is 12.0. The first kappa shape index (κ1) is 20.9. The maximum Gasteiger partial charge on any atom is 0.320 e. The van der Waals surface area contributed by atoms with E-state index in [0.717, 1.165) is 41.3 Å². The summed E-state index contributed by atoms with van der Waals surface area (Å²) in [6.45, 7) is 0.751. The smallest absolute Gasteiger partial charge is 0.320 e. The van der Waals surface area contributed by atoms with Gasteiger partial charge in [0, 0.05) is 26.3 Å². The first-order valence-electron chi connectivity index (χ1n) is 10.6. The lowest BCUT2D eigenvalue weighted by Gasteiger charge is -2.32. The molecule has 3 aromatic rings. The van der Waals surface area contributed by atoms with E-state index in [1.54, 1.807) is 0 Å². The summed E-state index contributed by atoms with van der Waals surface area (Å²) in [7, 11) is 4.02. The lowest BCUT2D eigenvalue weighted by molar-refractivity contribution is -0.142. The molecule has 0 radical (unpaired) electrons. The Hall–Kier alpha value is -3.31. The Morgan fingerprint density at radius 3 is 2.35 bits per heavy atom. The zero-order valence-corrected chi connectivity index (χ0v) is 17.9.